The SMILES string of the molecule is O=C(Cc1ccc(-c2ccccc2)cc1)Nc1ccc2c(c1)CCCN2C(=O)c1ccccc1. The lowest BCUT2D eigenvalue weighted by Crippen LogP contribution is -2.35. The van der Waals surface area contributed by atoms with Crippen LogP contribution in [0.15, 0.2) is 103 Å². The third-order valence-corrected chi connectivity index (χ3v) is 6.17. The van der Waals surface area contributed by atoms with Gasteiger partial charge in [0.25, 0.3) is 5.91 Å². The van der Waals surface area contributed by atoms with Gasteiger partial charge in [-0.2, -0.15) is 0 Å². The molecular formula is C30H26N2O2. The van der Waals surface area contributed by atoms with Crippen LogP contribution in [0.4, 0.5) is 11.4 Å². The van der Waals surface area contributed by atoms with Gasteiger partial charge in [0.15, 0.2) is 0 Å². The third kappa shape index (κ3) is 4.76. The van der Waals surface area contributed by atoms with Gasteiger partial charge in [0.05, 0.1) is 6.42 Å². The zero-order valence-electron chi connectivity index (χ0n) is 18.9. The Hall–Kier alpha value is -4.18. The van der Waals surface area contributed by atoms with E-state index in [1.807, 2.05) is 83.8 Å². The Morgan fingerprint density at radius 1 is 0.765 bits per heavy atom. The lowest BCUT2D eigenvalue weighted by molar-refractivity contribution is -0.115. The van der Waals surface area contributed by atoms with Gasteiger partial charge in [-0.3, -0.25) is 9.59 Å². The van der Waals surface area contributed by atoms with Gasteiger partial charge in [0.2, 0.25) is 5.91 Å². The van der Waals surface area contributed by atoms with Gasteiger partial charge in [0, 0.05) is 23.5 Å². The van der Waals surface area contributed by atoms with E-state index in [9.17, 15) is 9.59 Å². The number of aryl methyl sites for hydroxylation is 1. The summed E-state index contributed by atoms with van der Waals surface area (Å²) in [6, 6.07) is 33.5. The average Bonchev–Trinajstić information content (AvgIpc) is 2.89. The maximum Gasteiger partial charge on any atom is 0.258 e. The second-order valence-corrected chi connectivity index (χ2v) is 8.56. The van der Waals surface area contributed by atoms with E-state index in [0.29, 0.717) is 18.5 Å². The summed E-state index contributed by atoms with van der Waals surface area (Å²) in [4.78, 5) is 27.5. The Balaban J connectivity index is 1.26. The highest BCUT2D eigenvalue weighted by Crippen LogP contribution is 2.31. The summed E-state index contributed by atoms with van der Waals surface area (Å²) >= 11 is 0. The maximum absolute atomic E-state index is 13.0. The largest absolute Gasteiger partial charge is 0.326 e. The first-order valence-electron chi connectivity index (χ1n) is 11.6. The van der Waals surface area contributed by atoms with Crippen molar-refractivity contribution in [2.45, 2.75) is 19.3 Å². The second kappa shape index (κ2) is 9.75. The zero-order valence-corrected chi connectivity index (χ0v) is 18.9. The molecule has 168 valence electrons. The highest BCUT2D eigenvalue weighted by Gasteiger charge is 2.23. The van der Waals surface area contributed by atoms with Crippen LogP contribution in [-0.2, 0) is 17.6 Å². The normalized spacial score (nSPS) is 12.6. The Kier molecular flexibility index (Phi) is 6.21. The van der Waals surface area contributed by atoms with Crippen LogP contribution in [0.3, 0.4) is 0 Å². The van der Waals surface area contributed by atoms with Crippen LogP contribution >= 0.6 is 0 Å². The van der Waals surface area contributed by atoms with Gasteiger partial charge < -0.3 is 10.2 Å². The Labute approximate surface area is 199 Å². The number of benzene rings is 4. The molecule has 0 saturated heterocycles. The molecule has 4 aromatic rings. The summed E-state index contributed by atoms with van der Waals surface area (Å²) in [6.45, 7) is 0.700. The first kappa shape index (κ1) is 21.7. The molecule has 0 radical (unpaired) electrons. The Morgan fingerprint density at radius 3 is 2.18 bits per heavy atom. The second-order valence-electron chi connectivity index (χ2n) is 8.56. The molecule has 4 nitrogen and oxygen atoms in total. The molecule has 4 heteroatoms. The minimum absolute atomic E-state index is 0.0114. The van der Waals surface area contributed by atoms with Crippen LogP contribution in [0.5, 0.6) is 0 Å². The molecule has 1 heterocycles. The standard InChI is InChI=1S/C30H26N2O2/c33-29(20-22-13-15-24(16-14-22)23-8-3-1-4-9-23)31-27-17-18-28-26(21-27)12-7-19-32(28)30(34)25-10-5-2-6-11-25/h1-6,8-11,13-18,21H,7,12,19-20H2,(H,31,33). The van der Waals surface area contributed by atoms with Crippen molar-refractivity contribution in [2.24, 2.45) is 0 Å². The molecular weight excluding hydrogens is 420 g/mol. The molecule has 34 heavy (non-hydrogen) atoms. The third-order valence-electron chi connectivity index (χ3n) is 6.17. The van der Waals surface area contributed by atoms with Crippen LogP contribution < -0.4 is 10.2 Å². The van der Waals surface area contributed by atoms with Crippen molar-refractivity contribution in [3.8, 4) is 11.1 Å². The number of fused-ring (bicyclic) bond motifs is 1. The first-order valence-corrected chi connectivity index (χ1v) is 11.6. The van der Waals surface area contributed by atoms with E-state index in [4.69, 9.17) is 0 Å². The number of carbonyl (C=O) groups is 2. The fourth-order valence-corrected chi connectivity index (χ4v) is 4.46. The quantitative estimate of drug-likeness (QED) is 0.401. The van der Waals surface area contributed by atoms with E-state index >= 15 is 0 Å². The number of rotatable bonds is 5. The smallest absolute Gasteiger partial charge is 0.258 e. The molecule has 1 N–H and O–H groups in total. The fourth-order valence-electron chi connectivity index (χ4n) is 4.46. The summed E-state index contributed by atoms with van der Waals surface area (Å²) in [6.07, 6.45) is 2.10. The molecule has 0 saturated carbocycles. The lowest BCUT2D eigenvalue weighted by atomic mass is 9.99. The number of carbonyl (C=O) groups excluding carboxylic acids is 2. The summed E-state index contributed by atoms with van der Waals surface area (Å²) in [5.74, 6) is -0.0438. The van der Waals surface area contributed by atoms with Gasteiger partial charge in [-0.15, -0.1) is 0 Å². The zero-order chi connectivity index (χ0) is 23.3. The van der Waals surface area contributed by atoms with Gasteiger partial charge in [-0.25, -0.2) is 0 Å². The molecule has 4 aromatic carbocycles. The van der Waals surface area contributed by atoms with E-state index in [1.54, 1.807) is 0 Å². The summed E-state index contributed by atoms with van der Waals surface area (Å²) < 4.78 is 0. The van der Waals surface area contributed by atoms with E-state index in [2.05, 4.69) is 29.6 Å². The van der Waals surface area contributed by atoms with E-state index in [0.717, 1.165) is 46.5 Å². The molecule has 0 aromatic heterocycles. The lowest BCUT2D eigenvalue weighted by Gasteiger charge is -2.30. The number of anilines is 2. The van der Waals surface area contributed by atoms with E-state index < -0.39 is 0 Å². The number of amides is 2. The van der Waals surface area contributed by atoms with Gasteiger partial charge in [-0.1, -0.05) is 72.8 Å². The Morgan fingerprint density at radius 2 is 1.44 bits per heavy atom. The highest BCUT2D eigenvalue weighted by atomic mass is 16.2. The van der Waals surface area contributed by atoms with Crippen molar-refractivity contribution in [1.82, 2.24) is 0 Å². The molecule has 0 atom stereocenters. The molecule has 0 unspecified atom stereocenters. The molecule has 0 spiro atoms. The average molecular weight is 447 g/mol. The maximum atomic E-state index is 13.0. The molecule has 0 bridgehead atoms. The van der Waals surface area contributed by atoms with Crippen molar-refractivity contribution < 1.29 is 9.59 Å². The number of hydrogen-bond donors (Lipinski definition) is 1. The van der Waals surface area contributed by atoms with Crippen molar-refractivity contribution in [1.29, 1.82) is 0 Å². The van der Waals surface area contributed by atoms with E-state index in [-0.39, 0.29) is 11.8 Å². The van der Waals surface area contributed by atoms with Gasteiger partial charge in [-0.05, 0) is 65.4 Å². The van der Waals surface area contributed by atoms with E-state index in [1.165, 1.54) is 0 Å². The van der Waals surface area contributed by atoms with Crippen molar-refractivity contribution >= 4 is 23.2 Å². The molecule has 5 rings (SSSR count). The molecule has 2 amide bonds. The first-order chi connectivity index (χ1) is 16.7. The van der Waals surface area contributed by atoms with Crippen LogP contribution in [0.2, 0.25) is 0 Å². The Bertz CT molecular complexity index is 1300. The fraction of sp³-hybridized carbons (Fsp3) is 0.133. The highest BCUT2D eigenvalue weighted by molar-refractivity contribution is 6.07. The topological polar surface area (TPSA) is 49.4 Å². The van der Waals surface area contributed by atoms with Crippen molar-refractivity contribution in [2.75, 3.05) is 16.8 Å². The predicted octanol–water partition coefficient (Wildman–Crippen LogP) is 6.13. The molecule has 1 aliphatic heterocycles. The van der Waals surface area contributed by atoms with Crippen molar-refractivity contribution in [3.05, 3.63) is 120 Å². The number of hydrogen-bond acceptors (Lipinski definition) is 2. The predicted molar refractivity (Wildman–Crippen MR) is 137 cm³/mol. The van der Waals surface area contributed by atoms with Crippen LogP contribution in [-0.4, -0.2) is 18.4 Å². The van der Waals surface area contributed by atoms with Crippen LogP contribution in [0.1, 0.15) is 27.9 Å². The van der Waals surface area contributed by atoms with Crippen LogP contribution in [0.25, 0.3) is 11.1 Å². The minimum atomic E-state index is -0.0551. The summed E-state index contributed by atoms with van der Waals surface area (Å²) in [7, 11) is 0. The number of nitrogens with one attached hydrogen (secondary N) is 1. The molecule has 1 aliphatic rings. The molecule has 0 fully saturated rings. The minimum Gasteiger partial charge on any atom is -0.326 e. The van der Waals surface area contributed by atoms with Crippen molar-refractivity contribution in [3.63, 3.8) is 0 Å². The monoisotopic (exact) mass is 446 g/mol. The van der Waals surface area contributed by atoms with Gasteiger partial charge in [0.1, 0.15) is 0 Å². The number of nitrogens with zero attached hydrogens (tertiary/aromatic N) is 1. The van der Waals surface area contributed by atoms with Crippen LogP contribution in [0, 0.1) is 0 Å². The van der Waals surface area contributed by atoms with Gasteiger partial charge >= 0.3 is 0 Å². The molecule has 0 aliphatic carbocycles. The summed E-state index contributed by atoms with van der Waals surface area (Å²) in [5, 5.41) is 3.02. The summed E-state index contributed by atoms with van der Waals surface area (Å²) in [5.41, 5.74) is 6.72.